The van der Waals surface area contributed by atoms with Gasteiger partial charge in [-0.3, -0.25) is 9.69 Å². The predicted molar refractivity (Wildman–Crippen MR) is 161 cm³/mol. The Morgan fingerprint density at radius 2 is 1.57 bits per heavy atom. The van der Waals surface area contributed by atoms with Crippen LogP contribution in [0.3, 0.4) is 0 Å². The van der Waals surface area contributed by atoms with Crippen molar-refractivity contribution >= 4 is 23.4 Å². The maximum absolute atomic E-state index is 15.3. The Bertz CT molecular complexity index is 1510. The van der Waals surface area contributed by atoms with Crippen LogP contribution in [0.5, 0.6) is 11.8 Å². The largest absolute Gasteiger partial charge is 0.473 e. The van der Waals surface area contributed by atoms with E-state index in [1.54, 1.807) is 32.9 Å². The van der Waals surface area contributed by atoms with Gasteiger partial charge in [0.25, 0.3) is 5.91 Å². The van der Waals surface area contributed by atoms with Crippen molar-refractivity contribution < 1.29 is 37.2 Å². The molecule has 5 rings (SSSR count). The number of benzene rings is 2. The van der Waals surface area contributed by atoms with Crippen LogP contribution < -0.4 is 14.4 Å². The van der Waals surface area contributed by atoms with Crippen LogP contribution in [-0.4, -0.2) is 76.4 Å². The van der Waals surface area contributed by atoms with Crippen molar-refractivity contribution in [3.8, 4) is 11.8 Å². The first-order valence-electron chi connectivity index (χ1n) is 14.6. The van der Waals surface area contributed by atoms with Gasteiger partial charge in [0.05, 0.1) is 19.5 Å². The molecular weight excluding hydrogens is 570 g/mol. The fourth-order valence-electron chi connectivity index (χ4n) is 5.13. The fraction of sp³-hybridized carbons (Fsp3) is 0.394. The molecule has 3 aromatic rings. The molecule has 1 aromatic heterocycles. The predicted octanol–water partition coefficient (Wildman–Crippen LogP) is 5.32. The second kappa shape index (κ2) is 13.0. The van der Waals surface area contributed by atoms with Crippen molar-refractivity contribution in [1.82, 2.24) is 9.88 Å². The van der Waals surface area contributed by atoms with E-state index in [1.165, 1.54) is 9.48 Å². The molecule has 2 aliphatic rings. The van der Waals surface area contributed by atoms with E-state index < -0.39 is 24.2 Å². The number of amides is 2. The van der Waals surface area contributed by atoms with Crippen LogP contribution in [0.4, 0.5) is 19.3 Å². The van der Waals surface area contributed by atoms with Gasteiger partial charge in [-0.15, -0.1) is 0 Å². The van der Waals surface area contributed by atoms with E-state index in [0.717, 1.165) is 16.0 Å². The zero-order valence-electron chi connectivity index (χ0n) is 25.2. The Hall–Kier alpha value is -4.54. The number of anilines is 1. The lowest BCUT2D eigenvalue weighted by molar-refractivity contribution is -0.525. The summed E-state index contributed by atoms with van der Waals surface area (Å²) in [6.45, 7) is 4.99. The van der Waals surface area contributed by atoms with Gasteiger partial charge in [0.2, 0.25) is 24.0 Å². The molecule has 2 saturated heterocycles. The number of hydrogen-bond donors (Lipinski definition) is 0. The Labute approximate surface area is 255 Å². The fourth-order valence-corrected chi connectivity index (χ4v) is 5.13. The highest BCUT2D eigenvalue weighted by atomic mass is 19.3. The molecule has 0 unspecified atom stereocenters. The molecule has 0 saturated carbocycles. The average molecular weight is 608 g/mol. The van der Waals surface area contributed by atoms with Crippen LogP contribution in [0.2, 0.25) is 0 Å². The molecule has 0 bridgehead atoms. The van der Waals surface area contributed by atoms with E-state index in [2.05, 4.69) is 4.98 Å². The van der Waals surface area contributed by atoms with E-state index in [-0.39, 0.29) is 56.7 Å². The molecule has 0 radical (unpaired) electrons. The number of carbonyl (C=O) groups excluding carboxylic acids is 2. The highest BCUT2D eigenvalue weighted by Crippen LogP contribution is 2.32. The number of nitrogens with zero attached hydrogens (tertiary/aromatic N) is 4. The van der Waals surface area contributed by atoms with E-state index in [9.17, 15) is 9.59 Å². The highest BCUT2D eigenvalue weighted by Gasteiger charge is 2.50. The summed E-state index contributed by atoms with van der Waals surface area (Å²) in [5.74, 6) is -3.11. The Kier molecular flexibility index (Phi) is 9.12. The van der Waals surface area contributed by atoms with Gasteiger partial charge in [-0.1, -0.05) is 60.7 Å². The van der Waals surface area contributed by atoms with Crippen molar-refractivity contribution in [1.29, 1.82) is 0 Å². The van der Waals surface area contributed by atoms with Crippen LogP contribution in [0.25, 0.3) is 0 Å². The summed E-state index contributed by atoms with van der Waals surface area (Å²) in [6.07, 6.45) is -0.830. The van der Waals surface area contributed by atoms with Crippen LogP contribution >= 0.6 is 0 Å². The van der Waals surface area contributed by atoms with Crippen molar-refractivity contribution in [2.75, 3.05) is 37.6 Å². The topological polar surface area (TPSA) is 84.2 Å². The summed E-state index contributed by atoms with van der Waals surface area (Å²) >= 11 is 0. The molecular formula is C33H37F2N4O5+. The molecule has 2 fully saturated rings. The molecule has 44 heavy (non-hydrogen) atoms. The van der Waals surface area contributed by atoms with E-state index in [0.29, 0.717) is 18.2 Å². The van der Waals surface area contributed by atoms with Gasteiger partial charge in [-0.2, -0.15) is 13.8 Å². The summed E-state index contributed by atoms with van der Waals surface area (Å²) in [6, 6.07) is 22.6. The molecule has 2 aliphatic heterocycles. The molecule has 0 N–H and O–H groups in total. The lowest BCUT2D eigenvalue weighted by Crippen LogP contribution is -2.57. The number of rotatable bonds is 7. The highest BCUT2D eigenvalue weighted by molar-refractivity contribution is 5.97. The summed E-state index contributed by atoms with van der Waals surface area (Å²) in [4.78, 5) is 33.0. The standard InChI is InChI=1S/C33H37F2N4O5/c1-32(2,3)44-31(41)38-17-16-27(33(34,35)23-38)37-18-19-39(29(40)20-37)26-14-15-28(42-21-24-10-6-4-7-11-24)36-30(26)43-22-25-12-8-5-9-13-25/h4-15H,16-23H2,1-3H3/q+1. The Morgan fingerprint density at radius 1 is 0.932 bits per heavy atom. The number of likely N-dealkylation sites (tertiary alicyclic amines) is 1. The number of pyridine rings is 1. The van der Waals surface area contributed by atoms with Crippen LogP contribution in [0.1, 0.15) is 38.3 Å². The number of piperazine rings is 1. The molecule has 0 aliphatic carbocycles. The molecule has 3 heterocycles. The van der Waals surface area contributed by atoms with Crippen LogP contribution in [0, 0.1) is 0 Å². The van der Waals surface area contributed by atoms with Gasteiger partial charge in [-0.25, -0.2) is 9.37 Å². The van der Waals surface area contributed by atoms with Gasteiger partial charge in [0, 0.05) is 12.6 Å². The van der Waals surface area contributed by atoms with Gasteiger partial charge >= 0.3 is 12.0 Å². The molecule has 0 spiro atoms. The lowest BCUT2D eigenvalue weighted by Gasteiger charge is -2.35. The van der Waals surface area contributed by atoms with Crippen molar-refractivity contribution in [3.63, 3.8) is 0 Å². The van der Waals surface area contributed by atoms with Gasteiger partial charge in [-0.05, 0) is 38.0 Å². The smallest absolute Gasteiger partial charge is 0.410 e. The minimum absolute atomic E-state index is 0.0556. The quantitative estimate of drug-likeness (QED) is 0.339. The number of carbonyl (C=O) groups is 2. The zero-order chi connectivity index (χ0) is 31.3. The first-order valence-corrected chi connectivity index (χ1v) is 14.6. The number of ether oxygens (including phenoxy) is 3. The minimum Gasteiger partial charge on any atom is -0.473 e. The maximum Gasteiger partial charge on any atom is 0.410 e. The normalized spacial score (nSPS) is 18.6. The summed E-state index contributed by atoms with van der Waals surface area (Å²) in [5, 5.41) is 0. The Balaban J connectivity index is 1.32. The SMILES string of the molecule is CC(C)(C)OC(=O)N1CCC(=[N+]2CCN(c3ccc(OCc4ccccc4)nc3OCc3ccccc3)C(=O)C2)C(F)(F)C1. The van der Waals surface area contributed by atoms with E-state index >= 15 is 8.78 Å². The minimum atomic E-state index is -3.29. The average Bonchev–Trinajstić information content (AvgIpc) is 2.99. The second-order valence-electron chi connectivity index (χ2n) is 11.8. The monoisotopic (exact) mass is 607 g/mol. The summed E-state index contributed by atoms with van der Waals surface area (Å²) < 4.78 is 49.3. The molecule has 2 aromatic carbocycles. The van der Waals surface area contributed by atoms with Gasteiger partial charge < -0.3 is 19.1 Å². The number of piperidine rings is 1. The van der Waals surface area contributed by atoms with Crippen molar-refractivity contribution in [2.24, 2.45) is 0 Å². The first kappa shape index (κ1) is 30.9. The molecule has 0 atom stereocenters. The third kappa shape index (κ3) is 7.69. The Morgan fingerprint density at radius 3 is 2.16 bits per heavy atom. The first-order chi connectivity index (χ1) is 21.0. The zero-order valence-corrected chi connectivity index (χ0v) is 25.2. The van der Waals surface area contributed by atoms with Crippen molar-refractivity contribution in [3.05, 3.63) is 83.9 Å². The molecule has 11 heteroatoms. The van der Waals surface area contributed by atoms with E-state index in [4.69, 9.17) is 14.2 Å². The number of halogens is 2. The molecule has 232 valence electrons. The molecule has 9 nitrogen and oxygen atoms in total. The third-order valence-electron chi connectivity index (χ3n) is 7.24. The summed E-state index contributed by atoms with van der Waals surface area (Å²) in [7, 11) is 0. The van der Waals surface area contributed by atoms with Crippen LogP contribution in [-0.2, 0) is 22.7 Å². The lowest BCUT2D eigenvalue weighted by atomic mass is 10.0. The van der Waals surface area contributed by atoms with Crippen molar-refractivity contribution in [2.45, 2.75) is 51.9 Å². The maximum atomic E-state index is 15.3. The van der Waals surface area contributed by atoms with Gasteiger partial charge in [0.1, 0.15) is 24.5 Å². The van der Waals surface area contributed by atoms with E-state index in [1.807, 2.05) is 60.7 Å². The number of hydrogen-bond acceptors (Lipinski definition) is 6. The summed E-state index contributed by atoms with van der Waals surface area (Å²) in [5.41, 5.74) is 1.40. The number of aromatic nitrogens is 1. The van der Waals surface area contributed by atoms with Crippen LogP contribution in [0.15, 0.2) is 72.8 Å². The second-order valence-corrected chi connectivity index (χ2v) is 11.8. The number of alkyl halides is 2. The van der Waals surface area contributed by atoms with Gasteiger partial charge in [0.15, 0.2) is 6.54 Å². The third-order valence-corrected chi connectivity index (χ3v) is 7.24. The molecule has 2 amide bonds.